The zero-order chi connectivity index (χ0) is 13.4. The molecule has 3 rings (SSSR count). The van der Waals surface area contributed by atoms with Crippen molar-refractivity contribution in [1.29, 1.82) is 0 Å². The zero-order valence-corrected chi connectivity index (χ0v) is 11.9. The number of nitrogens with zero attached hydrogens (tertiary/aromatic N) is 2. The monoisotopic (exact) mass is 310 g/mol. The molecule has 7 heteroatoms. The molecule has 19 heavy (non-hydrogen) atoms. The van der Waals surface area contributed by atoms with Crippen LogP contribution in [0.2, 0.25) is 10.0 Å². The third-order valence-corrected chi connectivity index (χ3v) is 3.80. The molecular formula is C12H8Cl2N4S. The van der Waals surface area contributed by atoms with Gasteiger partial charge in [0.2, 0.25) is 0 Å². The van der Waals surface area contributed by atoms with Crippen LogP contribution in [-0.4, -0.2) is 8.75 Å². The normalized spacial score (nSPS) is 10.8. The second-order valence-electron chi connectivity index (χ2n) is 3.92. The van der Waals surface area contributed by atoms with Gasteiger partial charge in [-0.1, -0.05) is 23.2 Å². The lowest BCUT2D eigenvalue weighted by Gasteiger charge is -2.10. The second-order valence-corrected chi connectivity index (χ2v) is 5.26. The Morgan fingerprint density at radius 2 is 1.89 bits per heavy atom. The minimum atomic E-state index is 0.524. The zero-order valence-electron chi connectivity index (χ0n) is 9.52. The molecular weight excluding hydrogens is 303 g/mol. The van der Waals surface area contributed by atoms with Gasteiger partial charge in [0, 0.05) is 5.69 Å². The molecule has 0 spiro atoms. The summed E-state index contributed by atoms with van der Waals surface area (Å²) in [5, 5.41) is 4.27. The first-order valence-corrected chi connectivity index (χ1v) is 6.86. The lowest BCUT2D eigenvalue weighted by atomic mass is 10.2. The quantitative estimate of drug-likeness (QED) is 0.692. The van der Waals surface area contributed by atoms with Crippen LogP contribution in [0.4, 0.5) is 17.1 Å². The maximum Gasteiger partial charge on any atom is 0.129 e. The molecule has 0 unspecified atom stereocenters. The van der Waals surface area contributed by atoms with Crippen LogP contribution in [0.3, 0.4) is 0 Å². The SMILES string of the molecule is Nc1ccc(Nc2c(Cl)ccc3nsnc23)c(Cl)c1. The van der Waals surface area contributed by atoms with Gasteiger partial charge in [-0.2, -0.15) is 8.75 Å². The van der Waals surface area contributed by atoms with Gasteiger partial charge in [-0.05, 0) is 30.3 Å². The Labute approximate surface area is 123 Å². The molecule has 0 bridgehead atoms. The molecule has 96 valence electrons. The first-order valence-electron chi connectivity index (χ1n) is 5.38. The van der Waals surface area contributed by atoms with Crippen molar-refractivity contribution in [2.45, 2.75) is 0 Å². The third-order valence-electron chi connectivity index (χ3n) is 2.63. The Morgan fingerprint density at radius 3 is 2.68 bits per heavy atom. The Hall–Kier alpha value is -1.56. The van der Waals surface area contributed by atoms with E-state index in [-0.39, 0.29) is 0 Å². The summed E-state index contributed by atoms with van der Waals surface area (Å²) in [6.45, 7) is 0. The molecule has 0 saturated carbocycles. The average Bonchev–Trinajstić information content (AvgIpc) is 2.84. The predicted molar refractivity (Wildman–Crippen MR) is 81.6 cm³/mol. The molecule has 0 fully saturated rings. The summed E-state index contributed by atoms with van der Waals surface area (Å²) in [4.78, 5) is 0. The molecule has 0 radical (unpaired) electrons. The fourth-order valence-electron chi connectivity index (χ4n) is 1.71. The Kier molecular flexibility index (Phi) is 3.18. The van der Waals surface area contributed by atoms with Crippen molar-refractivity contribution in [3.8, 4) is 0 Å². The third kappa shape index (κ3) is 2.32. The minimum absolute atomic E-state index is 0.524. The molecule has 3 aromatic rings. The standard InChI is InChI=1S/C12H8Cl2N4S/c13-7-2-4-10-12(18-19-17-10)11(7)16-9-3-1-6(15)5-8(9)14/h1-5,16H,15H2. The van der Waals surface area contributed by atoms with Crippen LogP contribution < -0.4 is 11.1 Å². The van der Waals surface area contributed by atoms with Crippen molar-refractivity contribution in [3.63, 3.8) is 0 Å². The number of nitrogens with one attached hydrogen (secondary N) is 1. The fourth-order valence-corrected chi connectivity index (χ4v) is 2.69. The van der Waals surface area contributed by atoms with Crippen molar-refractivity contribution < 1.29 is 0 Å². The maximum atomic E-state index is 6.20. The van der Waals surface area contributed by atoms with E-state index in [0.29, 0.717) is 21.4 Å². The van der Waals surface area contributed by atoms with Crippen molar-refractivity contribution in [2.24, 2.45) is 0 Å². The number of aromatic nitrogens is 2. The number of hydrogen-bond acceptors (Lipinski definition) is 5. The summed E-state index contributed by atoms with van der Waals surface area (Å²) < 4.78 is 8.42. The number of hydrogen-bond donors (Lipinski definition) is 2. The number of nitrogen functional groups attached to an aromatic ring is 1. The largest absolute Gasteiger partial charge is 0.399 e. The van der Waals surface area contributed by atoms with E-state index >= 15 is 0 Å². The molecule has 2 aromatic carbocycles. The Balaban J connectivity index is 2.10. The van der Waals surface area contributed by atoms with Gasteiger partial charge in [-0.3, -0.25) is 0 Å². The van der Waals surface area contributed by atoms with E-state index in [1.807, 2.05) is 6.07 Å². The summed E-state index contributed by atoms with van der Waals surface area (Å²) >= 11 is 13.5. The van der Waals surface area contributed by atoms with Crippen LogP contribution in [-0.2, 0) is 0 Å². The van der Waals surface area contributed by atoms with E-state index in [4.69, 9.17) is 28.9 Å². The summed E-state index contributed by atoms with van der Waals surface area (Å²) in [5.41, 5.74) is 9.21. The highest BCUT2D eigenvalue weighted by molar-refractivity contribution is 7.00. The van der Waals surface area contributed by atoms with Gasteiger partial charge in [-0.25, -0.2) is 0 Å². The summed E-state index contributed by atoms with van der Waals surface area (Å²) in [7, 11) is 0. The topological polar surface area (TPSA) is 63.8 Å². The number of fused-ring (bicyclic) bond motifs is 1. The fraction of sp³-hybridized carbons (Fsp3) is 0. The Morgan fingerprint density at radius 1 is 1.05 bits per heavy atom. The molecule has 1 heterocycles. The van der Waals surface area contributed by atoms with Crippen LogP contribution >= 0.6 is 34.9 Å². The van der Waals surface area contributed by atoms with Crippen LogP contribution in [0.1, 0.15) is 0 Å². The van der Waals surface area contributed by atoms with Crippen molar-refractivity contribution in [2.75, 3.05) is 11.1 Å². The second kappa shape index (κ2) is 4.85. The van der Waals surface area contributed by atoms with Crippen molar-refractivity contribution in [1.82, 2.24) is 8.75 Å². The summed E-state index contributed by atoms with van der Waals surface area (Å²) in [6, 6.07) is 8.85. The van der Waals surface area contributed by atoms with Crippen LogP contribution in [0.5, 0.6) is 0 Å². The maximum absolute atomic E-state index is 6.20. The van der Waals surface area contributed by atoms with Gasteiger partial charge in [0.25, 0.3) is 0 Å². The molecule has 3 N–H and O–H groups in total. The molecule has 0 aliphatic heterocycles. The lowest BCUT2D eigenvalue weighted by Crippen LogP contribution is -1.95. The molecule has 1 aromatic heterocycles. The minimum Gasteiger partial charge on any atom is -0.399 e. The van der Waals surface area contributed by atoms with E-state index < -0.39 is 0 Å². The smallest absolute Gasteiger partial charge is 0.129 e. The van der Waals surface area contributed by atoms with Gasteiger partial charge in [0.15, 0.2) is 0 Å². The van der Waals surface area contributed by atoms with Crippen LogP contribution in [0, 0.1) is 0 Å². The number of nitrogens with two attached hydrogens (primary N) is 1. The van der Waals surface area contributed by atoms with Crippen molar-refractivity contribution in [3.05, 3.63) is 40.4 Å². The van der Waals surface area contributed by atoms with Crippen molar-refractivity contribution >= 4 is 63.0 Å². The van der Waals surface area contributed by atoms with Gasteiger partial charge in [0.05, 0.1) is 33.1 Å². The van der Waals surface area contributed by atoms with E-state index in [1.54, 1.807) is 24.3 Å². The highest BCUT2D eigenvalue weighted by atomic mass is 35.5. The van der Waals surface area contributed by atoms with Crippen LogP contribution in [0.15, 0.2) is 30.3 Å². The number of halogens is 2. The first kappa shape index (κ1) is 12.5. The lowest BCUT2D eigenvalue weighted by molar-refractivity contribution is 1.54. The number of anilines is 3. The molecule has 4 nitrogen and oxygen atoms in total. The Bertz CT molecular complexity index is 757. The van der Waals surface area contributed by atoms with Gasteiger partial charge >= 0.3 is 0 Å². The molecule has 0 aliphatic carbocycles. The molecule has 0 saturated heterocycles. The number of rotatable bonds is 2. The highest BCUT2D eigenvalue weighted by Crippen LogP contribution is 2.35. The van der Waals surface area contributed by atoms with E-state index in [2.05, 4.69) is 14.1 Å². The molecule has 0 aliphatic rings. The number of benzene rings is 2. The van der Waals surface area contributed by atoms with Crippen LogP contribution in [0.25, 0.3) is 11.0 Å². The van der Waals surface area contributed by atoms with Gasteiger partial charge in [0.1, 0.15) is 11.0 Å². The molecule has 0 amide bonds. The summed E-state index contributed by atoms with van der Waals surface area (Å²) in [5.74, 6) is 0. The van der Waals surface area contributed by atoms with E-state index in [9.17, 15) is 0 Å². The van der Waals surface area contributed by atoms with E-state index in [0.717, 1.165) is 28.4 Å². The van der Waals surface area contributed by atoms with Gasteiger partial charge < -0.3 is 11.1 Å². The molecule has 0 atom stereocenters. The predicted octanol–water partition coefficient (Wildman–Crippen LogP) is 4.32. The summed E-state index contributed by atoms with van der Waals surface area (Å²) in [6.07, 6.45) is 0. The highest BCUT2D eigenvalue weighted by Gasteiger charge is 2.11. The average molecular weight is 311 g/mol. The van der Waals surface area contributed by atoms with Gasteiger partial charge in [-0.15, -0.1) is 0 Å². The first-order chi connectivity index (χ1) is 9.15. The van der Waals surface area contributed by atoms with E-state index in [1.165, 1.54) is 0 Å².